The quantitative estimate of drug-likeness (QED) is 0.563. The van der Waals surface area contributed by atoms with E-state index in [1.165, 1.54) is 22.7 Å². The van der Waals surface area contributed by atoms with Crippen LogP contribution in [0.2, 0.25) is 0 Å². The average Bonchev–Trinajstić information content (AvgIpc) is 2.66. The zero-order valence-corrected chi connectivity index (χ0v) is 13.1. The average molecular weight is 319 g/mol. The van der Waals surface area contributed by atoms with Crippen LogP contribution in [0.4, 0.5) is 5.69 Å². The molecule has 120 valence electrons. The lowest BCUT2D eigenvalue weighted by Gasteiger charge is -2.31. The second kappa shape index (κ2) is 5.94. The van der Waals surface area contributed by atoms with Gasteiger partial charge >= 0.3 is 0 Å². The number of amides is 1. The topological polar surface area (TPSA) is 65.5 Å². The summed E-state index contributed by atoms with van der Waals surface area (Å²) in [6, 6.07) is 16.5. The Morgan fingerprint density at radius 3 is 2.88 bits per heavy atom. The summed E-state index contributed by atoms with van der Waals surface area (Å²) >= 11 is 0. The third-order valence-electron chi connectivity index (χ3n) is 4.51. The molecule has 0 atom stereocenters. The van der Waals surface area contributed by atoms with Gasteiger partial charge in [-0.15, -0.1) is 0 Å². The summed E-state index contributed by atoms with van der Waals surface area (Å²) in [5.74, 6) is -0.535. The molecule has 2 aromatic carbocycles. The van der Waals surface area contributed by atoms with Crippen LogP contribution in [0.5, 0.6) is 0 Å². The predicted molar refractivity (Wildman–Crippen MR) is 92.2 cm³/mol. The number of hydrogen-bond acceptors (Lipinski definition) is 4. The number of hydroxylamine groups is 1. The minimum Gasteiger partial charge on any atom is -0.366 e. The van der Waals surface area contributed by atoms with Gasteiger partial charge in [0, 0.05) is 42.5 Å². The van der Waals surface area contributed by atoms with Crippen molar-refractivity contribution in [1.29, 1.82) is 0 Å². The Balaban J connectivity index is 1.71. The monoisotopic (exact) mass is 319 g/mol. The highest BCUT2D eigenvalue weighted by Gasteiger charge is 2.20. The summed E-state index contributed by atoms with van der Waals surface area (Å²) < 4.78 is 0. The third kappa shape index (κ3) is 2.49. The Labute approximate surface area is 139 Å². The Bertz CT molecular complexity index is 918. The van der Waals surface area contributed by atoms with Crippen molar-refractivity contribution in [2.45, 2.75) is 13.0 Å². The molecule has 0 aliphatic carbocycles. The van der Waals surface area contributed by atoms with Gasteiger partial charge in [0.25, 0.3) is 5.91 Å². The van der Waals surface area contributed by atoms with Crippen molar-refractivity contribution in [3.05, 3.63) is 71.5 Å². The second-order valence-electron chi connectivity index (χ2n) is 5.94. The molecule has 1 amide bonds. The fourth-order valence-corrected chi connectivity index (χ4v) is 3.30. The van der Waals surface area contributed by atoms with E-state index in [2.05, 4.69) is 46.3 Å². The van der Waals surface area contributed by atoms with Crippen molar-refractivity contribution in [3.63, 3.8) is 0 Å². The molecule has 0 saturated heterocycles. The first-order valence-electron chi connectivity index (χ1n) is 7.91. The van der Waals surface area contributed by atoms with Crippen LogP contribution < -0.4 is 10.4 Å². The minimum absolute atomic E-state index is 0.371. The van der Waals surface area contributed by atoms with Crippen molar-refractivity contribution in [1.82, 2.24) is 10.5 Å². The molecule has 0 radical (unpaired) electrons. The number of nitrogens with zero attached hydrogens (tertiary/aromatic N) is 2. The van der Waals surface area contributed by atoms with E-state index in [1.54, 1.807) is 5.48 Å². The van der Waals surface area contributed by atoms with E-state index >= 15 is 0 Å². The normalized spacial score (nSPS) is 13.6. The highest BCUT2D eigenvalue weighted by Crippen LogP contribution is 2.30. The Morgan fingerprint density at radius 2 is 2.00 bits per heavy atom. The van der Waals surface area contributed by atoms with E-state index in [-0.39, 0.29) is 0 Å². The first kappa shape index (κ1) is 14.7. The lowest BCUT2D eigenvalue weighted by atomic mass is 10.0. The van der Waals surface area contributed by atoms with E-state index in [4.69, 9.17) is 5.21 Å². The molecule has 5 nitrogen and oxygen atoms in total. The molecule has 1 aliphatic heterocycles. The first-order valence-corrected chi connectivity index (χ1v) is 7.91. The molecule has 0 spiro atoms. The summed E-state index contributed by atoms with van der Waals surface area (Å²) in [5, 5.41) is 11.2. The highest BCUT2D eigenvalue weighted by molar-refractivity contribution is 5.95. The molecule has 0 saturated carbocycles. The lowest BCUT2D eigenvalue weighted by molar-refractivity contribution is 0.0706. The largest absolute Gasteiger partial charge is 0.366 e. The Morgan fingerprint density at radius 1 is 1.17 bits per heavy atom. The van der Waals surface area contributed by atoms with Crippen LogP contribution in [-0.4, -0.2) is 22.6 Å². The summed E-state index contributed by atoms with van der Waals surface area (Å²) in [6.45, 7) is 1.59. The number of pyridine rings is 1. The van der Waals surface area contributed by atoms with Crippen LogP contribution in [0.15, 0.2) is 54.7 Å². The van der Waals surface area contributed by atoms with Crippen LogP contribution in [0, 0.1) is 0 Å². The number of aromatic nitrogens is 1. The number of anilines is 1. The maximum Gasteiger partial charge on any atom is 0.276 e. The van der Waals surface area contributed by atoms with Crippen molar-refractivity contribution < 1.29 is 10.0 Å². The number of carbonyl (C=O) groups excluding carboxylic acids is 1. The van der Waals surface area contributed by atoms with Crippen molar-refractivity contribution >= 4 is 22.4 Å². The summed E-state index contributed by atoms with van der Waals surface area (Å²) in [5.41, 5.74) is 5.26. The molecule has 5 heteroatoms. The van der Waals surface area contributed by atoms with Crippen molar-refractivity contribution in [3.8, 4) is 0 Å². The number of nitrogens with one attached hydrogen (secondary N) is 1. The zero-order valence-electron chi connectivity index (χ0n) is 13.1. The van der Waals surface area contributed by atoms with E-state index < -0.39 is 5.91 Å². The van der Waals surface area contributed by atoms with Gasteiger partial charge in [0.1, 0.15) is 0 Å². The van der Waals surface area contributed by atoms with Crippen LogP contribution in [0.1, 0.15) is 21.6 Å². The fraction of sp³-hybridized carbons (Fsp3) is 0.158. The molecule has 3 aromatic rings. The minimum atomic E-state index is -0.535. The standard InChI is InChI=1S/C19H17N3O2/c23-19(21-24)14-10-15-12-22(9-8-17(15)20-11-14)18-7-3-5-13-4-1-2-6-16(13)18/h1-7,10-11,24H,8-9,12H2,(H,21,23). The van der Waals surface area contributed by atoms with E-state index in [0.29, 0.717) is 12.1 Å². The van der Waals surface area contributed by atoms with E-state index in [1.807, 2.05) is 12.1 Å². The van der Waals surface area contributed by atoms with Gasteiger partial charge in [0.2, 0.25) is 0 Å². The number of carbonyl (C=O) groups is 1. The van der Waals surface area contributed by atoms with Crippen molar-refractivity contribution in [2.24, 2.45) is 0 Å². The highest BCUT2D eigenvalue weighted by atomic mass is 16.5. The van der Waals surface area contributed by atoms with Gasteiger partial charge in [-0.25, -0.2) is 5.48 Å². The Hall–Kier alpha value is -2.92. The number of benzene rings is 2. The maximum atomic E-state index is 11.6. The third-order valence-corrected chi connectivity index (χ3v) is 4.51. The number of fused-ring (bicyclic) bond motifs is 2. The van der Waals surface area contributed by atoms with Gasteiger partial charge in [0.15, 0.2) is 0 Å². The van der Waals surface area contributed by atoms with Gasteiger partial charge in [-0.2, -0.15) is 0 Å². The first-order chi connectivity index (χ1) is 11.8. The maximum absolute atomic E-state index is 11.6. The molecule has 0 fully saturated rings. The van der Waals surface area contributed by atoms with Crippen LogP contribution in [0.25, 0.3) is 10.8 Å². The molecule has 2 heterocycles. The van der Waals surface area contributed by atoms with E-state index in [0.717, 1.165) is 24.2 Å². The molecule has 2 N–H and O–H groups in total. The molecule has 1 aromatic heterocycles. The van der Waals surface area contributed by atoms with Crippen LogP contribution in [-0.2, 0) is 13.0 Å². The summed E-state index contributed by atoms with van der Waals surface area (Å²) in [7, 11) is 0. The van der Waals surface area contributed by atoms with E-state index in [9.17, 15) is 4.79 Å². The number of hydrogen-bond donors (Lipinski definition) is 2. The van der Waals surface area contributed by atoms with Gasteiger partial charge in [0.05, 0.1) is 5.56 Å². The molecular weight excluding hydrogens is 302 g/mol. The molecule has 4 rings (SSSR count). The van der Waals surface area contributed by atoms with Gasteiger partial charge < -0.3 is 4.90 Å². The van der Waals surface area contributed by atoms with Gasteiger partial charge in [-0.05, 0) is 23.1 Å². The van der Waals surface area contributed by atoms with Gasteiger partial charge in [-0.1, -0.05) is 36.4 Å². The molecule has 1 aliphatic rings. The molecule has 0 bridgehead atoms. The predicted octanol–water partition coefficient (Wildman–Crippen LogP) is 2.92. The van der Waals surface area contributed by atoms with Gasteiger partial charge in [-0.3, -0.25) is 15.0 Å². The van der Waals surface area contributed by atoms with Crippen LogP contribution in [0.3, 0.4) is 0 Å². The summed E-state index contributed by atoms with van der Waals surface area (Å²) in [6.07, 6.45) is 2.34. The number of rotatable bonds is 2. The van der Waals surface area contributed by atoms with Crippen molar-refractivity contribution in [2.75, 3.05) is 11.4 Å². The second-order valence-corrected chi connectivity index (χ2v) is 5.94. The smallest absolute Gasteiger partial charge is 0.276 e. The molecule has 0 unspecified atom stereocenters. The molecule has 24 heavy (non-hydrogen) atoms. The zero-order chi connectivity index (χ0) is 16.5. The summed E-state index contributed by atoms with van der Waals surface area (Å²) in [4.78, 5) is 18.3. The molecular formula is C19H17N3O2. The Kier molecular flexibility index (Phi) is 3.63. The lowest BCUT2D eigenvalue weighted by Crippen LogP contribution is -2.31. The van der Waals surface area contributed by atoms with Crippen LogP contribution >= 0.6 is 0 Å². The fourth-order valence-electron chi connectivity index (χ4n) is 3.30. The SMILES string of the molecule is O=C(NO)c1cnc2c(c1)CN(c1cccc3ccccc13)CC2.